The molecule has 0 amide bonds. The highest BCUT2D eigenvalue weighted by molar-refractivity contribution is 7.40. The summed E-state index contributed by atoms with van der Waals surface area (Å²) >= 11 is 0. The first-order chi connectivity index (χ1) is 10.9. The van der Waals surface area contributed by atoms with Gasteiger partial charge in [0.1, 0.15) is 0 Å². The highest BCUT2D eigenvalue weighted by atomic mass is 31.1. The number of aryl methyl sites for hydroxylation is 1. The minimum absolute atomic E-state index is 0.205. The van der Waals surface area contributed by atoms with Gasteiger partial charge in [0.25, 0.3) is 0 Å². The Bertz CT molecular complexity index is 509. The number of hydrogen-bond acceptors (Lipinski definition) is 3. The molecule has 128 valence electrons. The molecule has 0 radical (unpaired) electrons. The lowest BCUT2D eigenvalue weighted by Crippen LogP contribution is -2.33. The second-order valence-electron chi connectivity index (χ2n) is 6.01. The van der Waals surface area contributed by atoms with Gasteiger partial charge < -0.3 is 10.8 Å². The summed E-state index contributed by atoms with van der Waals surface area (Å²) in [5, 5.41) is 8.58. The second-order valence-corrected chi connectivity index (χ2v) is 7.50. The zero-order chi connectivity index (χ0) is 17.3. The zero-order valence-corrected chi connectivity index (χ0v) is 14.5. The Labute approximate surface area is 138 Å². The number of aliphatic carboxylic acids is 1. The van der Waals surface area contributed by atoms with Crippen molar-refractivity contribution in [2.45, 2.75) is 50.6 Å². The molecule has 23 heavy (non-hydrogen) atoms. The summed E-state index contributed by atoms with van der Waals surface area (Å²) in [6.07, 6.45) is 3.09. The zero-order valence-electron chi connectivity index (χ0n) is 13.6. The normalized spacial score (nSPS) is 15.7. The third kappa shape index (κ3) is 6.02. The first-order valence-corrected chi connectivity index (χ1v) is 9.29. The molecule has 3 atom stereocenters. The van der Waals surface area contributed by atoms with Crippen LogP contribution >= 0.6 is 8.03 Å². The molecule has 0 aliphatic carbocycles. The summed E-state index contributed by atoms with van der Waals surface area (Å²) in [6, 6.07) is 9.91. The molecule has 0 saturated heterocycles. The van der Waals surface area contributed by atoms with Crippen LogP contribution in [0, 0.1) is 5.92 Å². The van der Waals surface area contributed by atoms with Gasteiger partial charge in [0.2, 0.25) is 0 Å². The summed E-state index contributed by atoms with van der Waals surface area (Å²) in [4.78, 5) is 21.2. The van der Waals surface area contributed by atoms with Crippen molar-refractivity contribution in [3.05, 3.63) is 35.9 Å². The standard InChI is InChI=1S/C17H26NO4P/c1-2-17(11-12-18,23(21)22)13-15(16(19)20)10-6-9-14-7-4-3-5-8-14/h3-5,7-8,15H,2,6,9-13,18H2,1H3,(H-,19,20,21,22)/p+1. The quantitative estimate of drug-likeness (QED) is 0.536. The molecule has 0 aliphatic heterocycles. The van der Waals surface area contributed by atoms with Crippen LogP contribution < -0.4 is 5.73 Å². The van der Waals surface area contributed by atoms with Crippen molar-refractivity contribution >= 4 is 14.0 Å². The third-order valence-corrected chi connectivity index (χ3v) is 6.04. The smallest absolute Gasteiger partial charge is 0.481 e. The van der Waals surface area contributed by atoms with Gasteiger partial charge in [-0.25, -0.2) is 0 Å². The minimum Gasteiger partial charge on any atom is -0.481 e. The van der Waals surface area contributed by atoms with Crippen LogP contribution in [0.1, 0.15) is 44.6 Å². The van der Waals surface area contributed by atoms with Crippen molar-refractivity contribution in [3.63, 3.8) is 0 Å². The van der Waals surface area contributed by atoms with Crippen LogP contribution in [0.4, 0.5) is 0 Å². The molecule has 0 spiro atoms. The molecule has 1 aromatic rings. The van der Waals surface area contributed by atoms with Crippen LogP contribution in [0.5, 0.6) is 0 Å². The Hall–Kier alpha value is -1.29. The van der Waals surface area contributed by atoms with Crippen molar-refractivity contribution in [1.82, 2.24) is 0 Å². The lowest BCUT2D eigenvalue weighted by molar-refractivity contribution is -0.142. The largest absolute Gasteiger partial charge is 0.511 e. The molecule has 4 N–H and O–H groups in total. The average Bonchev–Trinajstić information content (AvgIpc) is 2.53. The van der Waals surface area contributed by atoms with Crippen molar-refractivity contribution in [2.75, 3.05) is 6.54 Å². The maximum Gasteiger partial charge on any atom is 0.511 e. The maximum atomic E-state index is 11.8. The van der Waals surface area contributed by atoms with E-state index in [9.17, 15) is 19.4 Å². The molecular weight excluding hydrogens is 313 g/mol. The van der Waals surface area contributed by atoms with E-state index in [0.29, 0.717) is 19.3 Å². The van der Waals surface area contributed by atoms with E-state index in [1.54, 1.807) is 0 Å². The van der Waals surface area contributed by atoms with Crippen molar-refractivity contribution in [2.24, 2.45) is 11.7 Å². The van der Waals surface area contributed by atoms with Crippen molar-refractivity contribution in [1.29, 1.82) is 0 Å². The fourth-order valence-electron chi connectivity index (χ4n) is 2.97. The van der Waals surface area contributed by atoms with Gasteiger partial charge in [0.05, 0.1) is 5.92 Å². The molecule has 1 rings (SSSR count). The van der Waals surface area contributed by atoms with Crippen molar-refractivity contribution < 1.29 is 19.4 Å². The molecule has 3 unspecified atom stereocenters. The Morgan fingerprint density at radius 2 is 2.00 bits per heavy atom. The first-order valence-electron chi connectivity index (χ1n) is 8.08. The van der Waals surface area contributed by atoms with Crippen LogP contribution in [0.3, 0.4) is 0 Å². The van der Waals surface area contributed by atoms with E-state index in [1.165, 1.54) is 5.56 Å². The molecule has 6 heteroatoms. The van der Waals surface area contributed by atoms with Gasteiger partial charge in [0.15, 0.2) is 5.16 Å². The molecule has 0 aromatic heterocycles. The minimum atomic E-state index is -2.46. The molecule has 0 fully saturated rings. The summed E-state index contributed by atoms with van der Waals surface area (Å²) in [5.41, 5.74) is 6.74. The molecule has 0 aliphatic rings. The van der Waals surface area contributed by atoms with Gasteiger partial charge in [-0.15, -0.1) is 0 Å². The number of benzene rings is 1. The van der Waals surface area contributed by atoms with E-state index in [2.05, 4.69) is 0 Å². The molecule has 0 bridgehead atoms. The third-order valence-electron chi connectivity index (χ3n) is 4.51. The van der Waals surface area contributed by atoms with E-state index >= 15 is 0 Å². The summed E-state index contributed by atoms with van der Waals surface area (Å²) in [5.74, 6) is -1.51. The number of carbonyl (C=O) groups is 1. The molecule has 0 saturated carbocycles. The number of hydrogen-bond donors (Lipinski definition) is 3. The Morgan fingerprint density at radius 1 is 1.35 bits per heavy atom. The number of carboxylic acids is 1. The van der Waals surface area contributed by atoms with E-state index in [-0.39, 0.29) is 13.0 Å². The van der Waals surface area contributed by atoms with Crippen LogP contribution in [0.15, 0.2) is 30.3 Å². The summed E-state index contributed by atoms with van der Waals surface area (Å²) in [7, 11) is -2.46. The summed E-state index contributed by atoms with van der Waals surface area (Å²) in [6.45, 7) is 2.10. The molecule has 1 aromatic carbocycles. The van der Waals surface area contributed by atoms with E-state index < -0.39 is 25.1 Å². The van der Waals surface area contributed by atoms with E-state index in [1.807, 2.05) is 37.3 Å². The topological polar surface area (TPSA) is 101 Å². The van der Waals surface area contributed by atoms with Gasteiger partial charge in [-0.2, -0.15) is 4.89 Å². The molecule has 5 nitrogen and oxygen atoms in total. The van der Waals surface area contributed by atoms with Crippen LogP contribution in [0.2, 0.25) is 0 Å². The SMILES string of the molecule is CCC(CCN)(CC(CCCc1ccccc1)C(=O)O)[P+](=O)O. The second kappa shape index (κ2) is 9.76. The highest BCUT2D eigenvalue weighted by Crippen LogP contribution is 2.46. The van der Waals surface area contributed by atoms with Gasteiger partial charge in [-0.05, 0) is 42.4 Å². The fourth-order valence-corrected chi connectivity index (χ4v) is 3.94. The van der Waals surface area contributed by atoms with E-state index in [4.69, 9.17) is 5.73 Å². The fraction of sp³-hybridized carbons (Fsp3) is 0.588. The monoisotopic (exact) mass is 340 g/mol. The van der Waals surface area contributed by atoms with Gasteiger partial charge in [0, 0.05) is 12.8 Å². The lowest BCUT2D eigenvalue weighted by Gasteiger charge is -2.23. The van der Waals surface area contributed by atoms with Crippen molar-refractivity contribution in [3.8, 4) is 0 Å². The Kier molecular flexibility index (Phi) is 8.38. The number of rotatable bonds is 11. The number of carboxylic acid groups (broad SMARTS) is 1. The Balaban J connectivity index is 2.69. The first kappa shape index (κ1) is 19.8. The predicted molar refractivity (Wildman–Crippen MR) is 91.6 cm³/mol. The lowest BCUT2D eigenvalue weighted by atomic mass is 9.86. The van der Waals surface area contributed by atoms with Gasteiger partial charge >= 0.3 is 14.0 Å². The maximum absolute atomic E-state index is 11.8. The molecule has 0 heterocycles. The molecular formula is C17H27NO4P+. The number of nitrogens with two attached hydrogens (primary N) is 1. The van der Waals surface area contributed by atoms with Crippen LogP contribution in [0.25, 0.3) is 0 Å². The highest BCUT2D eigenvalue weighted by Gasteiger charge is 2.49. The predicted octanol–water partition coefficient (Wildman–Crippen LogP) is 3.33. The van der Waals surface area contributed by atoms with Gasteiger partial charge in [-0.3, -0.25) is 4.79 Å². The van der Waals surface area contributed by atoms with Gasteiger partial charge in [-0.1, -0.05) is 37.3 Å². The Morgan fingerprint density at radius 3 is 2.48 bits per heavy atom. The van der Waals surface area contributed by atoms with Crippen LogP contribution in [-0.2, 0) is 15.8 Å². The van der Waals surface area contributed by atoms with Crippen LogP contribution in [-0.4, -0.2) is 27.7 Å². The average molecular weight is 340 g/mol. The summed E-state index contributed by atoms with van der Waals surface area (Å²) < 4.78 is 11.8. The van der Waals surface area contributed by atoms with E-state index in [0.717, 1.165) is 12.8 Å².